The minimum absolute atomic E-state index is 0.154. The number of anilines is 2. The van der Waals surface area contributed by atoms with Crippen molar-refractivity contribution in [2.24, 2.45) is 5.41 Å². The molecule has 0 saturated carbocycles. The summed E-state index contributed by atoms with van der Waals surface area (Å²) in [6, 6.07) is 9.44. The number of hydrogen-bond acceptors (Lipinski definition) is 9. The van der Waals surface area contributed by atoms with Gasteiger partial charge in [-0.15, -0.1) is 10.2 Å². The van der Waals surface area contributed by atoms with E-state index >= 15 is 0 Å². The average Bonchev–Trinajstić information content (AvgIpc) is 3.33. The number of alkyl carbamates (subject to hydrolysis) is 1. The number of alkyl halides is 2. The number of hydrogen-bond donors (Lipinski definition) is 2. The Labute approximate surface area is 239 Å². The van der Waals surface area contributed by atoms with E-state index in [0.717, 1.165) is 36.6 Å². The van der Waals surface area contributed by atoms with Crippen LogP contribution in [0.15, 0.2) is 52.6 Å². The van der Waals surface area contributed by atoms with Gasteiger partial charge in [-0.3, -0.25) is 4.79 Å². The molecule has 10 nitrogen and oxygen atoms in total. The summed E-state index contributed by atoms with van der Waals surface area (Å²) in [7, 11) is 0. The first kappa shape index (κ1) is 27.3. The fourth-order valence-electron chi connectivity index (χ4n) is 5.85. The first-order valence-corrected chi connectivity index (χ1v) is 14.2. The van der Waals surface area contributed by atoms with Crippen LogP contribution >= 0.6 is 11.8 Å². The summed E-state index contributed by atoms with van der Waals surface area (Å²) < 4.78 is 34.4. The fourth-order valence-corrected chi connectivity index (χ4v) is 6.72. The number of aromatic nitrogens is 4. The van der Waals surface area contributed by atoms with Gasteiger partial charge < -0.3 is 20.3 Å². The second-order valence-electron chi connectivity index (χ2n) is 11.6. The molecule has 41 heavy (non-hydrogen) atoms. The van der Waals surface area contributed by atoms with Crippen LogP contribution in [0, 0.1) is 5.41 Å². The van der Waals surface area contributed by atoms with Crippen molar-refractivity contribution in [2.45, 2.75) is 67.5 Å². The van der Waals surface area contributed by atoms with Crippen LogP contribution in [0.25, 0.3) is 0 Å². The molecule has 2 amide bonds. The predicted octanol–water partition coefficient (Wildman–Crippen LogP) is 4.87. The summed E-state index contributed by atoms with van der Waals surface area (Å²) in [5, 5.41) is 14.1. The van der Waals surface area contributed by atoms with Crippen LogP contribution in [0.4, 0.5) is 25.3 Å². The topological polar surface area (TPSA) is 122 Å². The van der Waals surface area contributed by atoms with Crippen LogP contribution in [0.3, 0.4) is 0 Å². The molecule has 1 atom stereocenters. The molecule has 1 spiro atoms. The zero-order valence-corrected chi connectivity index (χ0v) is 23.6. The number of fused-ring (bicyclic) bond motifs is 2. The largest absolute Gasteiger partial charge is 0.444 e. The zero-order valence-electron chi connectivity index (χ0n) is 22.8. The van der Waals surface area contributed by atoms with E-state index in [-0.39, 0.29) is 22.2 Å². The number of piperidine rings is 1. The van der Waals surface area contributed by atoms with Crippen molar-refractivity contribution in [3.8, 4) is 0 Å². The molecule has 2 aromatic heterocycles. The van der Waals surface area contributed by atoms with Crippen molar-refractivity contribution in [1.82, 2.24) is 25.5 Å². The molecule has 0 bridgehead atoms. The Bertz CT molecular complexity index is 1510. The van der Waals surface area contributed by atoms with E-state index in [2.05, 4.69) is 42.9 Å². The van der Waals surface area contributed by atoms with Crippen molar-refractivity contribution >= 4 is 35.5 Å². The predicted molar refractivity (Wildman–Crippen MR) is 147 cm³/mol. The molecule has 1 fully saturated rings. The smallest absolute Gasteiger partial charge is 0.408 e. The number of benzene rings is 1. The van der Waals surface area contributed by atoms with Crippen molar-refractivity contribution < 1.29 is 23.1 Å². The number of carbonyl (C=O) groups excluding carboxylic acids is 2. The summed E-state index contributed by atoms with van der Waals surface area (Å²) in [5.41, 5.74) is 1.12. The lowest BCUT2D eigenvalue weighted by molar-refractivity contribution is -0.139. The third-order valence-electron chi connectivity index (χ3n) is 7.71. The van der Waals surface area contributed by atoms with Gasteiger partial charge >= 0.3 is 17.9 Å². The van der Waals surface area contributed by atoms with Crippen molar-refractivity contribution in [1.29, 1.82) is 0 Å². The maximum Gasteiger partial charge on any atom is 0.408 e. The van der Waals surface area contributed by atoms with Crippen molar-refractivity contribution in [3.63, 3.8) is 0 Å². The summed E-state index contributed by atoms with van der Waals surface area (Å²) in [4.78, 5) is 35.0. The van der Waals surface area contributed by atoms with Crippen LogP contribution in [0.5, 0.6) is 0 Å². The highest BCUT2D eigenvalue weighted by Crippen LogP contribution is 2.52. The van der Waals surface area contributed by atoms with E-state index in [1.165, 1.54) is 24.0 Å². The molecule has 4 heterocycles. The molecule has 2 aliphatic heterocycles. The summed E-state index contributed by atoms with van der Waals surface area (Å²) in [5.74, 6) is -4.78. The van der Waals surface area contributed by atoms with Crippen LogP contribution in [-0.4, -0.2) is 50.9 Å². The quantitative estimate of drug-likeness (QED) is 0.444. The molecule has 6 rings (SSSR count). The summed E-state index contributed by atoms with van der Waals surface area (Å²) in [6.45, 7) is 6.86. The second kappa shape index (κ2) is 9.89. The summed E-state index contributed by atoms with van der Waals surface area (Å²) >= 11 is 0.952. The Morgan fingerprint density at radius 1 is 1.15 bits per heavy atom. The van der Waals surface area contributed by atoms with E-state index in [1.54, 1.807) is 0 Å². The Morgan fingerprint density at radius 3 is 2.61 bits per heavy atom. The van der Waals surface area contributed by atoms with E-state index in [0.29, 0.717) is 24.1 Å². The van der Waals surface area contributed by atoms with Crippen LogP contribution in [0.1, 0.15) is 56.3 Å². The maximum atomic E-state index is 14.4. The maximum absolute atomic E-state index is 14.4. The van der Waals surface area contributed by atoms with Gasteiger partial charge in [-0.25, -0.2) is 14.8 Å². The molecule has 214 valence electrons. The monoisotopic (exact) mass is 581 g/mol. The standard InChI is InChI=1S/C28H29F2N7O3S/c1-26(2,3)40-25(39)33-21-17-7-5-4-6-16(17)14-27(21)9-12-37(13-10-27)24-32-15-19(35-36-24)41-18-8-11-31-22-20(18)28(29,30)23(38)34-22/h4-8,11,15,21H,9-10,12-14H2,1-3H3,(H,33,39)(H,31,34,38)/t21-/m1/s1. The van der Waals surface area contributed by atoms with Gasteiger partial charge in [0.1, 0.15) is 16.4 Å². The van der Waals surface area contributed by atoms with Gasteiger partial charge in [0.05, 0.1) is 17.8 Å². The molecule has 0 unspecified atom stereocenters. The molecule has 0 radical (unpaired) electrons. The fraction of sp³-hybridized carbons (Fsp3) is 0.429. The molecular weight excluding hydrogens is 552 g/mol. The molecule has 3 aromatic rings. The van der Waals surface area contributed by atoms with Gasteiger partial charge in [0, 0.05) is 29.6 Å². The highest BCUT2D eigenvalue weighted by molar-refractivity contribution is 7.99. The number of amides is 2. The lowest BCUT2D eigenvalue weighted by atomic mass is 9.73. The lowest BCUT2D eigenvalue weighted by Crippen LogP contribution is -2.48. The number of carbonyl (C=O) groups is 2. The minimum Gasteiger partial charge on any atom is -0.444 e. The van der Waals surface area contributed by atoms with E-state index in [1.807, 2.05) is 37.8 Å². The molecule has 2 N–H and O–H groups in total. The van der Waals surface area contributed by atoms with Gasteiger partial charge in [0.25, 0.3) is 0 Å². The third-order valence-corrected chi connectivity index (χ3v) is 8.67. The van der Waals surface area contributed by atoms with Gasteiger partial charge in [0.15, 0.2) is 0 Å². The minimum atomic E-state index is -3.67. The van der Waals surface area contributed by atoms with Crippen LogP contribution in [0.2, 0.25) is 0 Å². The normalized spacial score (nSPS) is 20.4. The van der Waals surface area contributed by atoms with Gasteiger partial charge in [-0.2, -0.15) is 8.78 Å². The molecule has 3 aliphatic rings. The van der Waals surface area contributed by atoms with Crippen LogP contribution in [-0.2, 0) is 21.9 Å². The highest BCUT2D eigenvalue weighted by atomic mass is 32.2. The summed E-state index contributed by atoms with van der Waals surface area (Å²) in [6.07, 6.45) is 4.85. The van der Waals surface area contributed by atoms with Crippen molar-refractivity contribution in [2.75, 3.05) is 23.3 Å². The van der Waals surface area contributed by atoms with Gasteiger partial charge in [-0.05, 0) is 57.2 Å². The molecule has 13 heteroatoms. The van der Waals surface area contributed by atoms with E-state index in [4.69, 9.17) is 4.74 Å². The molecule has 1 aliphatic carbocycles. The first-order valence-electron chi connectivity index (χ1n) is 13.3. The average molecular weight is 582 g/mol. The lowest BCUT2D eigenvalue weighted by Gasteiger charge is -2.43. The third kappa shape index (κ3) is 5.07. The first-order chi connectivity index (χ1) is 19.5. The molecule has 1 saturated heterocycles. The number of nitrogens with one attached hydrogen (secondary N) is 2. The number of halogens is 2. The second-order valence-corrected chi connectivity index (χ2v) is 12.6. The SMILES string of the molecule is CC(C)(C)OC(=O)N[C@@H]1c2ccccc2CC12CCN(c1ncc(Sc3ccnc4c3C(F)(F)C(=O)N4)nn1)CC2. The number of pyridine rings is 1. The van der Waals surface area contributed by atoms with E-state index in [9.17, 15) is 18.4 Å². The molecule has 1 aromatic carbocycles. The Morgan fingerprint density at radius 2 is 1.90 bits per heavy atom. The number of ether oxygens (including phenoxy) is 1. The number of rotatable bonds is 4. The Hall–Kier alpha value is -3.87. The van der Waals surface area contributed by atoms with E-state index < -0.39 is 29.1 Å². The Balaban J connectivity index is 1.15. The number of nitrogens with zero attached hydrogens (tertiary/aromatic N) is 5. The van der Waals surface area contributed by atoms with Crippen molar-refractivity contribution in [3.05, 3.63) is 59.4 Å². The Kier molecular flexibility index (Phi) is 6.59. The zero-order chi connectivity index (χ0) is 29.0. The highest BCUT2D eigenvalue weighted by Gasteiger charge is 2.51. The van der Waals surface area contributed by atoms with Crippen LogP contribution < -0.4 is 15.5 Å². The van der Waals surface area contributed by atoms with Gasteiger partial charge in [0.2, 0.25) is 5.95 Å². The van der Waals surface area contributed by atoms with Gasteiger partial charge in [-0.1, -0.05) is 36.0 Å². The molecular formula is C28H29F2N7O3S.